The Balaban J connectivity index is 4.61. The predicted octanol–water partition coefficient (Wildman–Crippen LogP) is 17.5. The maximum atomic E-state index is 12.8. The van der Waals surface area contributed by atoms with Gasteiger partial charge in [0.05, 0.1) is 0 Å². The fourth-order valence-electron chi connectivity index (χ4n) is 6.51. The van der Waals surface area contributed by atoms with Gasteiger partial charge < -0.3 is 14.2 Å². The van der Waals surface area contributed by atoms with Crippen molar-refractivity contribution in [3.05, 3.63) is 134 Å². The molecule has 0 saturated heterocycles. The van der Waals surface area contributed by atoms with Crippen LogP contribution in [0.2, 0.25) is 0 Å². The minimum atomic E-state index is -0.838. The van der Waals surface area contributed by atoms with Crippen molar-refractivity contribution in [1.29, 1.82) is 0 Å². The summed E-state index contributed by atoms with van der Waals surface area (Å²) in [4.78, 5) is 38.0. The first kappa shape index (κ1) is 61.5. The summed E-state index contributed by atoms with van der Waals surface area (Å²) in [6.45, 7) is 6.27. The first-order valence-corrected chi connectivity index (χ1v) is 26.2. The van der Waals surface area contributed by atoms with E-state index >= 15 is 0 Å². The quantitative estimate of drug-likeness (QED) is 0.0262. The van der Waals surface area contributed by atoms with Crippen LogP contribution < -0.4 is 0 Å². The summed E-state index contributed by atoms with van der Waals surface area (Å²) >= 11 is 0. The van der Waals surface area contributed by atoms with Crippen molar-refractivity contribution in [2.75, 3.05) is 13.2 Å². The third-order valence-corrected chi connectivity index (χ3v) is 10.4. The summed E-state index contributed by atoms with van der Waals surface area (Å²) in [5.41, 5.74) is 0. The smallest absolute Gasteiger partial charge is 0.306 e. The Bertz CT molecular complexity index is 1460. The van der Waals surface area contributed by atoms with Crippen LogP contribution in [0.15, 0.2) is 134 Å². The highest BCUT2D eigenvalue weighted by molar-refractivity contribution is 5.71. The summed E-state index contributed by atoms with van der Waals surface area (Å²) in [5.74, 6) is -1.06. The second kappa shape index (κ2) is 53.2. The second-order valence-electron chi connectivity index (χ2n) is 16.7. The average Bonchev–Trinajstić information content (AvgIpc) is 3.31. The van der Waals surface area contributed by atoms with E-state index < -0.39 is 6.10 Å². The molecule has 0 N–H and O–H groups in total. The Hall–Kier alpha value is -4.45. The minimum Gasteiger partial charge on any atom is -0.462 e. The van der Waals surface area contributed by atoms with Crippen LogP contribution in [0.1, 0.15) is 207 Å². The fourth-order valence-corrected chi connectivity index (χ4v) is 6.51. The van der Waals surface area contributed by atoms with Gasteiger partial charge in [-0.25, -0.2) is 0 Å². The van der Waals surface area contributed by atoms with E-state index in [1.807, 2.05) is 0 Å². The van der Waals surface area contributed by atoms with Crippen LogP contribution in [0.3, 0.4) is 0 Å². The molecule has 0 aliphatic carbocycles. The van der Waals surface area contributed by atoms with Crippen LogP contribution in [-0.2, 0) is 28.6 Å². The molecular formula is C60H94O6. The Labute approximate surface area is 405 Å². The van der Waals surface area contributed by atoms with Gasteiger partial charge in [0, 0.05) is 19.3 Å². The number of carbonyl (C=O) groups excluding carboxylic acids is 3. The first-order valence-electron chi connectivity index (χ1n) is 26.2. The van der Waals surface area contributed by atoms with E-state index in [4.69, 9.17) is 14.2 Å². The largest absolute Gasteiger partial charge is 0.462 e. The Morgan fingerprint density at radius 1 is 0.318 bits per heavy atom. The Morgan fingerprint density at radius 2 is 0.606 bits per heavy atom. The van der Waals surface area contributed by atoms with E-state index in [9.17, 15) is 14.4 Å². The van der Waals surface area contributed by atoms with Gasteiger partial charge in [0.15, 0.2) is 6.10 Å². The van der Waals surface area contributed by atoms with Gasteiger partial charge in [0.25, 0.3) is 0 Å². The average molecular weight is 911 g/mol. The van der Waals surface area contributed by atoms with Gasteiger partial charge in [-0.2, -0.15) is 0 Å². The van der Waals surface area contributed by atoms with Gasteiger partial charge >= 0.3 is 17.9 Å². The zero-order chi connectivity index (χ0) is 47.9. The highest BCUT2D eigenvalue weighted by Gasteiger charge is 2.19. The van der Waals surface area contributed by atoms with Crippen molar-refractivity contribution in [3.8, 4) is 0 Å². The molecule has 0 unspecified atom stereocenters. The molecule has 0 radical (unpaired) electrons. The molecule has 66 heavy (non-hydrogen) atoms. The van der Waals surface area contributed by atoms with Crippen LogP contribution >= 0.6 is 0 Å². The summed E-state index contributed by atoms with van der Waals surface area (Å²) < 4.78 is 16.7. The number of rotatable bonds is 45. The number of ether oxygens (including phenoxy) is 3. The number of esters is 3. The van der Waals surface area contributed by atoms with Gasteiger partial charge in [-0.1, -0.05) is 199 Å². The molecule has 0 aromatic heterocycles. The lowest BCUT2D eigenvalue weighted by atomic mass is 10.1. The van der Waals surface area contributed by atoms with E-state index in [2.05, 4.69) is 154 Å². The van der Waals surface area contributed by atoms with Crippen molar-refractivity contribution < 1.29 is 28.6 Å². The third-order valence-electron chi connectivity index (χ3n) is 10.4. The van der Waals surface area contributed by atoms with Crippen LogP contribution in [-0.4, -0.2) is 37.2 Å². The summed E-state index contributed by atoms with van der Waals surface area (Å²) in [6, 6.07) is 0. The standard InChI is InChI=1S/C60H94O6/c1-4-7-10-13-16-19-22-25-28-30-32-35-38-41-44-47-50-53-59(62)65-56-57(55-64-58(61)52-49-46-43-40-37-34-27-24-21-18-15-12-9-6-3)66-60(63)54-51-48-45-42-39-36-33-31-29-26-23-20-17-14-11-8-5-2/h7-8,10-11,16-17,19-20,24-29,32-33,35-36,41-42,44-45,57H,4-6,9,12-15,18,21-23,30-31,34,37-40,43,46-56H2,1-3H3/b10-7-,11-8-,19-16-,20-17-,27-24-,28-25-,29-26-,35-32-,36-33-,44-41-,45-42-/t57-/m1/s1. The lowest BCUT2D eigenvalue weighted by Crippen LogP contribution is -2.30. The van der Waals surface area contributed by atoms with E-state index in [-0.39, 0.29) is 44.0 Å². The monoisotopic (exact) mass is 911 g/mol. The molecule has 0 aromatic rings. The van der Waals surface area contributed by atoms with Crippen LogP contribution in [0, 0.1) is 0 Å². The molecule has 6 nitrogen and oxygen atoms in total. The lowest BCUT2D eigenvalue weighted by Gasteiger charge is -2.18. The summed E-state index contributed by atoms with van der Waals surface area (Å²) in [5, 5.41) is 0. The van der Waals surface area contributed by atoms with Crippen LogP contribution in [0.25, 0.3) is 0 Å². The molecule has 6 heteroatoms. The van der Waals surface area contributed by atoms with Crippen molar-refractivity contribution in [2.24, 2.45) is 0 Å². The number of allylic oxidation sites excluding steroid dienone is 22. The van der Waals surface area contributed by atoms with Crippen molar-refractivity contribution in [3.63, 3.8) is 0 Å². The van der Waals surface area contributed by atoms with Gasteiger partial charge in [-0.05, 0) is 122 Å². The molecule has 0 aromatic carbocycles. The van der Waals surface area contributed by atoms with Crippen LogP contribution in [0.4, 0.5) is 0 Å². The second-order valence-corrected chi connectivity index (χ2v) is 16.7. The molecule has 0 amide bonds. The Morgan fingerprint density at radius 3 is 1.00 bits per heavy atom. The van der Waals surface area contributed by atoms with E-state index in [0.29, 0.717) is 19.3 Å². The molecule has 0 spiro atoms. The lowest BCUT2D eigenvalue weighted by molar-refractivity contribution is -0.167. The van der Waals surface area contributed by atoms with Gasteiger partial charge in [-0.15, -0.1) is 0 Å². The van der Waals surface area contributed by atoms with Gasteiger partial charge in [0.1, 0.15) is 13.2 Å². The summed E-state index contributed by atoms with van der Waals surface area (Å²) in [7, 11) is 0. The molecule has 0 rings (SSSR count). The highest BCUT2D eigenvalue weighted by Crippen LogP contribution is 2.12. The number of unbranched alkanes of at least 4 members (excludes halogenated alkanes) is 12. The van der Waals surface area contributed by atoms with Crippen molar-refractivity contribution in [2.45, 2.75) is 213 Å². The molecule has 0 fully saturated rings. The molecule has 0 heterocycles. The van der Waals surface area contributed by atoms with Crippen LogP contribution in [0.5, 0.6) is 0 Å². The molecule has 1 atom stereocenters. The molecule has 0 aliphatic heterocycles. The third kappa shape index (κ3) is 50.5. The zero-order valence-corrected chi connectivity index (χ0v) is 42.1. The van der Waals surface area contributed by atoms with Gasteiger partial charge in [0.2, 0.25) is 0 Å². The predicted molar refractivity (Wildman–Crippen MR) is 283 cm³/mol. The number of carbonyl (C=O) groups is 3. The highest BCUT2D eigenvalue weighted by atomic mass is 16.6. The topological polar surface area (TPSA) is 78.9 Å². The normalized spacial score (nSPS) is 13.2. The van der Waals surface area contributed by atoms with E-state index in [1.165, 1.54) is 44.9 Å². The zero-order valence-electron chi connectivity index (χ0n) is 42.1. The molecular weight excluding hydrogens is 817 g/mol. The number of hydrogen-bond donors (Lipinski definition) is 0. The Kier molecular flexibility index (Phi) is 49.6. The molecule has 370 valence electrons. The molecule has 0 saturated carbocycles. The minimum absolute atomic E-state index is 0.127. The maximum absolute atomic E-state index is 12.8. The fraction of sp³-hybridized carbons (Fsp3) is 0.583. The first-order chi connectivity index (χ1) is 32.5. The van der Waals surface area contributed by atoms with Crippen molar-refractivity contribution in [1.82, 2.24) is 0 Å². The SMILES string of the molecule is CC/C=C\C/C=C\C/C=C\C/C=C\C/C=C\CCCC(=O)OC[C@@H](COC(=O)CCCCCCC/C=C\CCCCCCC)OC(=O)CCC/C=C\C/C=C\C/C=C\C/C=C\C/C=C\CC. The molecule has 0 bridgehead atoms. The van der Waals surface area contributed by atoms with Crippen molar-refractivity contribution >= 4 is 17.9 Å². The maximum Gasteiger partial charge on any atom is 0.306 e. The van der Waals surface area contributed by atoms with E-state index in [1.54, 1.807) is 0 Å². The van der Waals surface area contributed by atoms with Gasteiger partial charge in [-0.3, -0.25) is 14.4 Å². The number of hydrogen-bond acceptors (Lipinski definition) is 6. The van der Waals surface area contributed by atoms with E-state index in [0.717, 1.165) is 109 Å². The molecule has 0 aliphatic rings. The summed E-state index contributed by atoms with van der Waals surface area (Å²) in [6.07, 6.45) is 74.4.